The molecular formula is C12H13N3O. The minimum Gasteiger partial charge on any atom is -0.437 e. The van der Waals surface area contributed by atoms with Crippen LogP contribution in [0.1, 0.15) is 6.92 Å². The van der Waals surface area contributed by atoms with Gasteiger partial charge in [0.15, 0.2) is 0 Å². The molecule has 4 heteroatoms. The predicted octanol–water partition coefficient (Wildman–Crippen LogP) is 2.70. The van der Waals surface area contributed by atoms with E-state index in [1.165, 1.54) is 0 Å². The van der Waals surface area contributed by atoms with Gasteiger partial charge in [-0.2, -0.15) is 0 Å². The molecule has 0 aliphatic rings. The average Bonchev–Trinajstić information content (AvgIpc) is 2.31. The summed E-state index contributed by atoms with van der Waals surface area (Å²) in [5, 5.41) is 3.22. The van der Waals surface area contributed by atoms with E-state index >= 15 is 0 Å². The largest absolute Gasteiger partial charge is 0.437 e. The maximum atomic E-state index is 5.55. The van der Waals surface area contributed by atoms with E-state index in [0.29, 0.717) is 5.88 Å². The summed E-state index contributed by atoms with van der Waals surface area (Å²) in [5.41, 5.74) is 1.03. The summed E-state index contributed by atoms with van der Waals surface area (Å²) in [6.07, 6.45) is 4.80. The van der Waals surface area contributed by atoms with Crippen molar-refractivity contribution in [3.05, 3.63) is 42.9 Å². The molecular weight excluding hydrogens is 202 g/mol. The summed E-state index contributed by atoms with van der Waals surface area (Å²) < 4.78 is 5.55. The first-order chi connectivity index (χ1) is 7.88. The second-order valence-corrected chi connectivity index (χ2v) is 3.20. The number of benzene rings is 1. The van der Waals surface area contributed by atoms with Crippen LogP contribution in [0.4, 0.5) is 5.69 Å². The molecule has 4 nitrogen and oxygen atoms in total. The van der Waals surface area contributed by atoms with Gasteiger partial charge >= 0.3 is 0 Å². The Kier molecular flexibility index (Phi) is 3.33. The van der Waals surface area contributed by atoms with E-state index in [2.05, 4.69) is 22.2 Å². The number of hydrogen-bond acceptors (Lipinski definition) is 4. The van der Waals surface area contributed by atoms with Crippen LogP contribution in [0.25, 0.3) is 0 Å². The van der Waals surface area contributed by atoms with Crippen LogP contribution in [0, 0.1) is 0 Å². The fourth-order valence-electron chi connectivity index (χ4n) is 1.33. The van der Waals surface area contributed by atoms with Crippen LogP contribution in [-0.4, -0.2) is 16.5 Å². The molecule has 0 atom stereocenters. The molecule has 2 aromatic rings. The molecule has 1 aromatic heterocycles. The van der Waals surface area contributed by atoms with E-state index in [0.717, 1.165) is 18.0 Å². The minimum atomic E-state index is 0.496. The summed E-state index contributed by atoms with van der Waals surface area (Å²) in [5.74, 6) is 1.25. The van der Waals surface area contributed by atoms with E-state index in [1.54, 1.807) is 18.6 Å². The van der Waals surface area contributed by atoms with Gasteiger partial charge in [0.1, 0.15) is 5.75 Å². The topological polar surface area (TPSA) is 47.0 Å². The van der Waals surface area contributed by atoms with Crippen LogP contribution in [0.5, 0.6) is 11.6 Å². The van der Waals surface area contributed by atoms with Crippen LogP contribution < -0.4 is 10.1 Å². The molecule has 1 N–H and O–H groups in total. The number of hydrogen-bond donors (Lipinski definition) is 1. The van der Waals surface area contributed by atoms with E-state index in [1.807, 2.05) is 24.3 Å². The highest BCUT2D eigenvalue weighted by molar-refractivity contribution is 5.48. The first-order valence-corrected chi connectivity index (χ1v) is 5.16. The van der Waals surface area contributed by atoms with Crippen molar-refractivity contribution in [2.45, 2.75) is 6.92 Å². The van der Waals surface area contributed by atoms with Crippen LogP contribution in [0.3, 0.4) is 0 Å². The lowest BCUT2D eigenvalue weighted by molar-refractivity contribution is 0.460. The fourth-order valence-corrected chi connectivity index (χ4v) is 1.33. The zero-order chi connectivity index (χ0) is 11.2. The third-order valence-electron chi connectivity index (χ3n) is 1.98. The van der Waals surface area contributed by atoms with Gasteiger partial charge in [-0.25, -0.2) is 4.98 Å². The van der Waals surface area contributed by atoms with Gasteiger partial charge in [0.25, 0.3) is 0 Å². The SMILES string of the molecule is CCNc1cccc(Oc2cnccn2)c1. The Balaban J connectivity index is 2.12. The quantitative estimate of drug-likeness (QED) is 0.851. The summed E-state index contributed by atoms with van der Waals surface area (Å²) in [6.45, 7) is 2.94. The predicted molar refractivity (Wildman–Crippen MR) is 62.7 cm³/mol. The van der Waals surface area contributed by atoms with Crippen molar-refractivity contribution in [2.75, 3.05) is 11.9 Å². The first-order valence-electron chi connectivity index (χ1n) is 5.16. The zero-order valence-electron chi connectivity index (χ0n) is 9.05. The summed E-state index contributed by atoms with van der Waals surface area (Å²) in [6, 6.07) is 7.74. The molecule has 0 aliphatic carbocycles. The Hall–Kier alpha value is -2.10. The van der Waals surface area contributed by atoms with Crippen molar-refractivity contribution in [2.24, 2.45) is 0 Å². The maximum Gasteiger partial charge on any atom is 0.237 e. The number of rotatable bonds is 4. The monoisotopic (exact) mass is 215 g/mol. The third-order valence-corrected chi connectivity index (χ3v) is 1.98. The number of nitrogens with one attached hydrogen (secondary N) is 1. The Morgan fingerprint density at radius 3 is 3.00 bits per heavy atom. The van der Waals surface area contributed by atoms with Gasteiger partial charge in [0.05, 0.1) is 6.20 Å². The van der Waals surface area contributed by atoms with E-state index < -0.39 is 0 Å². The van der Waals surface area contributed by atoms with E-state index in [-0.39, 0.29) is 0 Å². The number of aromatic nitrogens is 2. The van der Waals surface area contributed by atoms with Gasteiger partial charge in [-0.3, -0.25) is 4.98 Å². The second kappa shape index (κ2) is 5.11. The molecule has 0 spiro atoms. The Bertz CT molecular complexity index is 445. The summed E-state index contributed by atoms with van der Waals surface area (Å²) >= 11 is 0. The van der Waals surface area contributed by atoms with Crippen LogP contribution in [-0.2, 0) is 0 Å². The fraction of sp³-hybridized carbons (Fsp3) is 0.167. The number of anilines is 1. The smallest absolute Gasteiger partial charge is 0.237 e. The molecule has 1 heterocycles. The van der Waals surface area contributed by atoms with Crippen molar-refractivity contribution in [3.8, 4) is 11.6 Å². The molecule has 16 heavy (non-hydrogen) atoms. The summed E-state index contributed by atoms with van der Waals surface area (Å²) in [7, 11) is 0. The molecule has 0 bridgehead atoms. The molecule has 82 valence electrons. The first kappa shape index (κ1) is 10.4. The molecule has 0 aliphatic heterocycles. The number of nitrogens with zero attached hydrogens (tertiary/aromatic N) is 2. The minimum absolute atomic E-state index is 0.496. The van der Waals surface area contributed by atoms with Crippen LogP contribution in [0.15, 0.2) is 42.9 Å². The highest BCUT2D eigenvalue weighted by Gasteiger charge is 1.98. The average molecular weight is 215 g/mol. The van der Waals surface area contributed by atoms with E-state index in [4.69, 9.17) is 4.74 Å². The number of ether oxygens (including phenoxy) is 1. The summed E-state index contributed by atoms with van der Waals surface area (Å²) in [4.78, 5) is 7.98. The van der Waals surface area contributed by atoms with Gasteiger partial charge < -0.3 is 10.1 Å². The van der Waals surface area contributed by atoms with Crippen molar-refractivity contribution in [1.29, 1.82) is 0 Å². The molecule has 2 rings (SSSR count). The maximum absolute atomic E-state index is 5.55. The lowest BCUT2D eigenvalue weighted by Gasteiger charge is -2.06. The van der Waals surface area contributed by atoms with Crippen molar-refractivity contribution < 1.29 is 4.74 Å². The van der Waals surface area contributed by atoms with Crippen LogP contribution in [0.2, 0.25) is 0 Å². The molecule has 0 saturated carbocycles. The van der Waals surface area contributed by atoms with Crippen molar-refractivity contribution in [1.82, 2.24) is 9.97 Å². The van der Waals surface area contributed by atoms with Gasteiger partial charge in [-0.05, 0) is 19.1 Å². The molecule has 1 aromatic carbocycles. The highest BCUT2D eigenvalue weighted by Crippen LogP contribution is 2.21. The molecule has 0 unspecified atom stereocenters. The van der Waals surface area contributed by atoms with Crippen LogP contribution >= 0.6 is 0 Å². The van der Waals surface area contributed by atoms with Crippen molar-refractivity contribution >= 4 is 5.69 Å². The molecule has 0 radical (unpaired) electrons. The normalized spacial score (nSPS) is 9.81. The molecule has 0 fully saturated rings. The standard InChI is InChI=1S/C12H13N3O/c1-2-14-10-4-3-5-11(8-10)16-12-9-13-6-7-15-12/h3-9,14H,2H2,1H3. The Morgan fingerprint density at radius 1 is 1.31 bits per heavy atom. The lowest BCUT2D eigenvalue weighted by Crippen LogP contribution is -1.96. The van der Waals surface area contributed by atoms with E-state index in [9.17, 15) is 0 Å². The zero-order valence-corrected chi connectivity index (χ0v) is 9.05. The Labute approximate surface area is 94.3 Å². The molecule has 0 saturated heterocycles. The lowest BCUT2D eigenvalue weighted by atomic mass is 10.3. The second-order valence-electron chi connectivity index (χ2n) is 3.20. The highest BCUT2D eigenvalue weighted by atomic mass is 16.5. The van der Waals surface area contributed by atoms with Gasteiger partial charge in [0, 0.05) is 30.7 Å². The Morgan fingerprint density at radius 2 is 2.25 bits per heavy atom. The molecule has 0 amide bonds. The van der Waals surface area contributed by atoms with Crippen molar-refractivity contribution in [3.63, 3.8) is 0 Å². The van der Waals surface area contributed by atoms with Gasteiger partial charge in [-0.1, -0.05) is 6.07 Å². The third kappa shape index (κ3) is 2.70. The van der Waals surface area contributed by atoms with Gasteiger partial charge in [0.2, 0.25) is 5.88 Å². The van der Waals surface area contributed by atoms with Gasteiger partial charge in [-0.15, -0.1) is 0 Å².